The van der Waals surface area contributed by atoms with Gasteiger partial charge in [0.15, 0.2) is 5.96 Å². The number of carbonyl (C=O) groups excluding carboxylic acids is 1. The summed E-state index contributed by atoms with van der Waals surface area (Å²) in [4.78, 5) is 18.0. The quantitative estimate of drug-likeness (QED) is 0.300. The van der Waals surface area contributed by atoms with Crippen LogP contribution in [-0.4, -0.2) is 51.2 Å². The number of para-hydroxylation sites is 1. The average molecular weight is 449 g/mol. The van der Waals surface area contributed by atoms with E-state index in [2.05, 4.69) is 10.3 Å². The monoisotopic (exact) mass is 449 g/mol. The van der Waals surface area contributed by atoms with E-state index >= 15 is 0 Å². The Balaban J connectivity index is 0.00000529. The van der Waals surface area contributed by atoms with Crippen LogP contribution in [0.5, 0.6) is 5.75 Å². The number of carbonyl (C=O) groups is 1. The van der Waals surface area contributed by atoms with Crippen molar-refractivity contribution in [3.63, 3.8) is 0 Å². The summed E-state index contributed by atoms with van der Waals surface area (Å²) in [5, 5.41) is 3.24. The highest BCUT2D eigenvalue weighted by atomic mass is 127. The van der Waals surface area contributed by atoms with E-state index in [9.17, 15) is 4.79 Å². The number of rotatable bonds is 7. The van der Waals surface area contributed by atoms with Crippen molar-refractivity contribution in [2.75, 3.05) is 34.4 Å². The lowest BCUT2D eigenvalue weighted by Crippen LogP contribution is -2.39. The first-order valence-corrected chi connectivity index (χ1v) is 7.72. The van der Waals surface area contributed by atoms with Crippen molar-refractivity contribution >= 4 is 35.9 Å². The summed E-state index contributed by atoms with van der Waals surface area (Å²) in [6.07, 6.45) is 0. The molecule has 0 bridgehead atoms. The summed E-state index contributed by atoms with van der Waals surface area (Å²) < 4.78 is 10.1. The summed E-state index contributed by atoms with van der Waals surface area (Å²) in [5.41, 5.74) is 1.07. The van der Waals surface area contributed by atoms with Gasteiger partial charge in [0.05, 0.1) is 26.7 Å². The molecule has 6 nitrogen and oxygen atoms in total. The van der Waals surface area contributed by atoms with Gasteiger partial charge in [-0.15, -0.1) is 24.0 Å². The Kier molecular flexibility index (Phi) is 11.2. The molecule has 1 N–H and O–H groups in total. The van der Waals surface area contributed by atoms with E-state index in [1.54, 1.807) is 14.0 Å². The molecule has 0 aliphatic rings. The zero-order valence-electron chi connectivity index (χ0n) is 15.0. The molecule has 1 aromatic rings. The van der Waals surface area contributed by atoms with Gasteiger partial charge in [-0.05, 0) is 13.0 Å². The molecular weight excluding hydrogens is 421 g/mol. The minimum atomic E-state index is -0.270. The lowest BCUT2D eigenvalue weighted by atomic mass is 10.2. The summed E-state index contributed by atoms with van der Waals surface area (Å²) >= 11 is 0. The number of aliphatic imine (C=N–C) groups is 1. The largest absolute Gasteiger partial charge is 0.496 e. The van der Waals surface area contributed by atoms with Gasteiger partial charge in [-0.25, -0.2) is 0 Å². The van der Waals surface area contributed by atoms with Crippen molar-refractivity contribution in [1.29, 1.82) is 0 Å². The van der Waals surface area contributed by atoms with Gasteiger partial charge in [-0.3, -0.25) is 9.79 Å². The third-order valence-corrected chi connectivity index (χ3v) is 3.41. The van der Waals surface area contributed by atoms with Crippen LogP contribution >= 0.6 is 24.0 Å². The fraction of sp³-hybridized carbons (Fsp3) is 0.529. The van der Waals surface area contributed by atoms with E-state index in [-0.39, 0.29) is 35.9 Å². The third kappa shape index (κ3) is 6.94. The van der Waals surface area contributed by atoms with Crippen LogP contribution in [0.4, 0.5) is 0 Å². The molecule has 0 heterocycles. The van der Waals surface area contributed by atoms with Gasteiger partial charge in [-0.2, -0.15) is 0 Å². The van der Waals surface area contributed by atoms with Crippen LogP contribution in [0.2, 0.25) is 0 Å². The molecule has 24 heavy (non-hydrogen) atoms. The van der Waals surface area contributed by atoms with Crippen molar-refractivity contribution in [3.05, 3.63) is 29.8 Å². The molecule has 136 valence electrons. The number of halogens is 1. The second kappa shape index (κ2) is 11.9. The number of esters is 1. The van der Waals surface area contributed by atoms with Gasteiger partial charge in [0, 0.05) is 25.7 Å². The molecule has 0 aliphatic carbocycles. The van der Waals surface area contributed by atoms with Crippen LogP contribution in [0.25, 0.3) is 0 Å². The molecule has 1 unspecified atom stereocenters. The minimum absolute atomic E-state index is 0. The predicted octanol–water partition coefficient (Wildman–Crippen LogP) is 2.52. The molecule has 0 saturated heterocycles. The van der Waals surface area contributed by atoms with Crippen molar-refractivity contribution in [1.82, 2.24) is 10.2 Å². The van der Waals surface area contributed by atoms with E-state index in [0.29, 0.717) is 13.1 Å². The number of benzene rings is 1. The first kappa shape index (κ1) is 22.5. The Hall–Kier alpha value is -1.51. The van der Waals surface area contributed by atoms with Crippen LogP contribution < -0.4 is 10.1 Å². The number of guanidine groups is 1. The van der Waals surface area contributed by atoms with E-state index in [0.717, 1.165) is 23.8 Å². The van der Waals surface area contributed by atoms with Crippen LogP contribution in [0.1, 0.15) is 19.4 Å². The number of ether oxygens (including phenoxy) is 2. The van der Waals surface area contributed by atoms with Gasteiger partial charge >= 0.3 is 5.97 Å². The number of methoxy groups -OCH3 is 2. The number of nitrogens with one attached hydrogen (secondary N) is 1. The van der Waals surface area contributed by atoms with Gasteiger partial charge < -0.3 is 19.7 Å². The van der Waals surface area contributed by atoms with E-state index in [1.165, 1.54) is 7.11 Å². The average Bonchev–Trinajstić information content (AvgIpc) is 2.57. The van der Waals surface area contributed by atoms with Crippen LogP contribution in [0.15, 0.2) is 29.3 Å². The first-order chi connectivity index (χ1) is 11.0. The fourth-order valence-corrected chi connectivity index (χ4v) is 2.13. The maximum Gasteiger partial charge on any atom is 0.310 e. The molecule has 7 heteroatoms. The normalized spacial score (nSPS) is 12.0. The topological polar surface area (TPSA) is 63.2 Å². The lowest BCUT2D eigenvalue weighted by Gasteiger charge is -2.23. The molecule has 1 aromatic carbocycles. The minimum Gasteiger partial charge on any atom is -0.496 e. The maximum absolute atomic E-state index is 11.5. The standard InChI is InChI=1S/C17H27N3O3.HI/c1-6-18-17(19-11-13(2)16(21)23-5)20(3)12-14-9-7-8-10-15(14)22-4;/h7-10,13H,6,11-12H2,1-5H3,(H,18,19);1H. The highest BCUT2D eigenvalue weighted by molar-refractivity contribution is 14.0. The maximum atomic E-state index is 11.5. The van der Waals surface area contributed by atoms with Gasteiger partial charge in [-0.1, -0.05) is 25.1 Å². The number of nitrogens with zero attached hydrogens (tertiary/aromatic N) is 2. The SMILES string of the molecule is CCNC(=NCC(C)C(=O)OC)N(C)Cc1ccccc1OC.I. The van der Waals surface area contributed by atoms with Crippen LogP contribution in [0, 0.1) is 5.92 Å². The molecule has 0 fully saturated rings. The zero-order valence-corrected chi connectivity index (χ0v) is 17.4. The zero-order chi connectivity index (χ0) is 17.2. The molecular formula is C17H28IN3O3. The summed E-state index contributed by atoms with van der Waals surface area (Å²) in [5.74, 6) is 1.07. The van der Waals surface area contributed by atoms with Crippen molar-refractivity contribution < 1.29 is 14.3 Å². The lowest BCUT2D eigenvalue weighted by molar-refractivity contribution is -0.144. The Morgan fingerprint density at radius 3 is 2.58 bits per heavy atom. The van der Waals surface area contributed by atoms with Crippen molar-refractivity contribution in [2.45, 2.75) is 20.4 Å². The molecule has 0 aliphatic heterocycles. The third-order valence-electron chi connectivity index (χ3n) is 3.41. The summed E-state index contributed by atoms with van der Waals surface area (Å²) in [6.45, 7) is 5.60. The molecule has 0 aromatic heterocycles. The molecule has 0 amide bonds. The van der Waals surface area contributed by atoms with Crippen LogP contribution in [-0.2, 0) is 16.1 Å². The predicted molar refractivity (Wildman–Crippen MR) is 107 cm³/mol. The molecule has 1 rings (SSSR count). The Morgan fingerprint density at radius 2 is 2.00 bits per heavy atom. The molecule has 0 radical (unpaired) electrons. The number of hydrogen-bond acceptors (Lipinski definition) is 4. The first-order valence-electron chi connectivity index (χ1n) is 7.72. The smallest absolute Gasteiger partial charge is 0.310 e. The van der Waals surface area contributed by atoms with E-state index in [4.69, 9.17) is 9.47 Å². The highest BCUT2D eigenvalue weighted by Crippen LogP contribution is 2.18. The van der Waals surface area contributed by atoms with Gasteiger partial charge in [0.25, 0.3) is 0 Å². The number of hydrogen-bond donors (Lipinski definition) is 1. The Labute approximate surface area is 161 Å². The van der Waals surface area contributed by atoms with E-state index < -0.39 is 0 Å². The molecule has 1 atom stereocenters. The van der Waals surface area contributed by atoms with Crippen LogP contribution in [0.3, 0.4) is 0 Å². The van der Waals surface area contributed by atoms with Gasteiger partial charge in [0.1, 0.15) is 5.75 Å². The van der Waals surface area contributed by atoms with Gasteiger partial charge in [0.2, 0.25) is 0 Å². The van der Waals surface area contributed by atoms with E-state index in [1.807, 2.05) is 43.1 Å². The molecule has 0 saturated carbocycles. The highest BCUT2D eigenvalue weighted by Gasteiger charge is 2.14. The summed E-state index contributed by atoms with van der Waals surface area (Å²) in [6, 6.07) is 7.89. The second-order valence-electron chi connectivity index (χ2n) is 5.29. The molecule has 0 spiro atoms. The second-order valence-corrected chi connectivity index (χ2v) is 5.29. The fourth-order valence-electron chi connectivity index (χ4n) is 2.13. The Morgan fingerprint density at radius 1 is 1.33 bits per heavy atom. The van der Waals surface area contributed by atoms with Crippen molar-refractivity contribution in [2.24, 2.45) is 10.9 Å². The Bertz CT molecular complexity index is 538. The summed E-state index contributed by atoms with van der Waals surface area (Å²) in [7, 11) is 5.01. The van der Waals surface area contributed by atoms with Crippen molar-refractivity contribution in [3.8, 4) is 5.75 Å².